The Morgan fingerprint density at radius 3 is 2.81 bits per heavy atom. The Labute approximate surface area is 201 Å². The summed E-state index contributed by atoms with van der Waals surface area (Å²) in [6, 6.07) is 11.8. The highest BCUT2D eigenvalue weighted by atomic mass is 35.5. The highest BCUT2D eigenvalue weighted by molar-refractivity contribution is 7.99. The summed E-state index contributed by atoms with van der Waals surface area (Å²) in [7, 11) is 0. The molecule has 1 N–H and O–H groups in total. The fraction of sp³-hybridized carbons (Fsp3) is 0.143. The highest BCUT2D eigenvalue weighted by Crippen LogP contribution is 2.34. The second-order valence-corrected chi connectivity index (χ2v) is 9.37. The van der Waals surface area contributed by atoms with Crippen LogP contribution in [0.2, 0.25) is 15.1 Å². The molecule has 2 aromatic heterocycles. The molecule has 0 saturated heterocycles. The number of carbonyl (C=O) groups excluding carboxylic acids is 1. The summed E-state index contributed by atoms with van der Waals surface area (Å²) in [5.41, 5.74) is 1.36. The van der Waals surface area contributed by atoms with Gasteiger partial charge >= 0.3 is 0 Å². The lowest BCUT2D eigenvalue weighted by Crippen LogP contribution is -2.27. The van der Waals surface area contributed by atoms with Crippen molar-refractivity contribution in [3.63, 3.8) is 0 Å². The number of halogens is 3. The largest absolute Gasteiger partial charge is 0.325 e. The third kappa shape index (κ3) is 3.77. The summed E-state index contributed by atoms with van der Waals surface area (Å²) in [6.07, 6.45) is 1.59. The molecule has 0 bridgehead atoms. The number of nitrogens with one attached hydrogen (secondary N) is 1. The number of amides is 1. The molecule has 3 heterocycles. The number of rotatable bonds is 4. The van der Waals surface area contributed by atoms with E-state index in [0.29, 0.717) is 43.4 Å². The molecule has 1 amide bonds. The van der Waals surface area contributed by atoms with E-state index in [-0.39, 0.29) is 29.0 Å². The Balaban J connectivity index is 1.45. The van der Waals surface area contributed by atoms with Crippen LogP contribution in [0.3, 0.4) is 0 Å². The molecule has 7 nitrogen and oxygen atoms in total. The van der Waals surface area contributed by atoms with Gasteiger partial charge in [0.1, 0.15) is 5.39 Å². The first-order chi connectivity index (χ1) is 15.4. The van der Waals surface area contributed by atoms with Crippen LogP contribution in [-0.2, 0) is 4.79 Å². The van der Waals surface area contributed by atoms with Crippen LogP contribution >= 0.6 is 46.6 Å². The monoisotopic (exact) mass is 505 g/mol. The van der Waals surface area contributed by atoms with Crippen molar-refractivity contribution in [2.45, 2.75) is 17.6 Å². The van der Waals surface area contributed by atoms with Gasteiger partial charge in [0.05, 0.1) is 33.7 Å². The average Bonchev–Trinajstić information content (AvgIpc) is 3.36. The summed E-state index contributed by atoms with van der Waals surface area (Å²) in [4.78, 5) is 30.6. The normalized spacial score (nSPS) is 15.2. The fourth-order valence-electron chi connectivity index (χ4n) is 3.59. The average molecular weight is 507 g/mol. The van der Waals surface area contributed by atoms with E-state index < -0.39 is 0 Å². The quantitative estimate of drug-likeness (QED) is 0.384. The lowest BCUT2D eigenvalue weighted by atomic mass is 10.2. The molecule has 1 aliphatic rings. The van der Waals surface area contributed by atoms with Crippen molar-refractivity contribution in [3.05, 3.63) is 74.1 Å². The van der Waals surface area contributed by atoms with Gasteiger partial charge in [-0.15, -0.1) is 0 Å². The number of hydrogen-bond donors (Lipinski definition) is 1. The number of fused-ring (bicyclic) bond motifs is 2. The highest BCUT2D eigenvalue weighted by Gasteiger charge is 2.29. The van der Waals surface area contributed by atoms with Gasteiger partial charge in [0.2, 0.25) is 5.91 Å². The van der Waals surface area contributed by atoms with Crippen LogP contribution in [0.4, 0.5) is 5.69 Å². The Bertz CT molecular complexity index is 1430. The molecule has 1 aliphatic heterocycles. The summed E-state index contributed by atoms with van der Waals surface area (Å²) in [5.74, 6) is 0.282. The number of aromatic nitrogens is 4. The molecule has 2 aromatic carbocycles. The maximum absolute atomic E-state index is 13.2. The minimum atomic E-state index is -0.341. The van der Waals surface area contributed by atoms with Crippen LogP contribution in [0.1, 0.15) is 12.5 Å². The standard InChI is InChI=1S/C21H14Cl3N5O2S/c22-11-3-1-4-12(7-11)29-19-14(9-25-29)20(31)28-13(10-32-21(28)27-19)8-17(30)26-16-6-2-5-15(23)18(16)24/h1-7,9,13H,8,10H2,(H,26,30). The van der Waals surface area contributed by atoms with Crippen LogP contribution < -0.4 is 10.9 Å². The smallest absolute Gasteiger partial charge is 0.265 e. The summed E-state index contributed by atoms with van der Waals surface area (Å²) >= 11 is 19.7. The molecule has 0 fully saturated rings. The van der Waals surface area contributed by atoms with Crippen molar-refractivity contribution in [1.82, 2.24) is 19.3 Å². The second-order valence-electron chi connectivity index (χ2n) is 7.16. The van der Waals surface area contributed by atoms with Crippen LogP contribution in [-0.4, -0.2) is 31.0 Å². The van der Waals surface area contributed by atoms with E-state index in [2.05, 4.69) is 15.4 Å². The van der Waals surface area contributed by atoms with Crippen LogP contribution in [0.25, 0.3) is 16.7 Å². The molecule has 0 saturated carbocycles. The van der Waals surface area contributed by atoms with Gasteiger partial charge < -0.3 is 5.32 Å². The molecular formula is C21H14Cl3N5O2S. The zero-order valence-electron chi connectivity index (χ0n) is 16.3. The first-order valence-electron chi connectivity index (χ1n) is 9.55. The van der Waals surface area contributed by atoms with E-state index in [9.17, 15) is 9.59 Å². The van der Waals surface area contributed by atoms with Crippen LogP contribution in [0.5, 0.6) is 0 Å². The second kappa shape index (κ2) is 8.44. The van der Waals surface area contributed by atoms with Crippen LogP contribution in [0, 0.1) is 0 Å². The zero-order chi connectivity index (χ0) is 22.4. The molecule has 162 valence electrons. The Morgan fingerprint density at radius 2 is 2.00 bits per heavy atom. The van der Waals surface area contributed by atoms with E-state index in [1.807, 2.05) is 6.07 Å². The lowest BCUT2D eigenvalue weighted by molar-refractivity contribution is -0.116. The number of thioether (sulfide) groups is 1. The number of carbonyl (C=O) groups is 1. The maximum atomic E-state index is 13.2. The van der Waals surface area contributed by atoms with Gasteiger partial charge in [0, 0.05) is 17.2 Å². The third-order valence-electron chi connectivity index (χ3n) is 5.07. The molecular weight excluding hydrogens is 493 g/mol. The molecule has 1 unspecified atom stereocenters. The third-order valence-corrected chi connectivity index (χ3v) is 7.22. The molecule has 4 aromatic rings. The number of hydrogen-bond acceptors (Lipinski definition) is 5. The summed E-state index contributed by atoms with van der Waals surface area (Å²) in [5, 5.41) is 9.21. The van der Waals surface area contributed by atoms with Crippen molar-refractivity contribution >= 4 is 69.2 Å². The van der Waals surface area contributed by atoms with E-state index >= 15 is 0 Å². The Hall–Kier alpha value is -2.52. The Kier molecular flexibility index (Phi) is 5.63. The van der Waals surface area contributed by atoms with Crippen molar-refractivity contribution in [3.8, 4) is 5.69 Å². The molecule has 0 aliphatic carbocycles. The zero-order valence-corrected chi connectivity index (χ0v) is 19.3. The van der Waals surface area contributed by atoms with Gasteiger partial charge in [-0.3, -0.25) is 14.2 Å². The summed E-state index contributed by atoms with van der Waals surface area (Å²) < 4.78 is 3.15. The molecule has 5 rings (SSSR count). The van der Waals surface area contributed by atoms with Crippen LogP contribution in [0.15, 0.2) is 58.6 Å². The van der Waals surface area contributed by atoms with Crippen molar-refractivity contribution in [2.75, 3.05) is 11.1 Å². The first kappa shape index (κ1) is 21.3. The number of benzene rings is 2. The lowest BCUT2D eigenvalue weighted by Gasteiger charge is -2.14. The van der Waals surface area contributed by atoms with Crippen molar-refractivity contribution in [1.29, 1.82) is 0 Å². The van der Waals surface area contributed by atoms with E-state index in [4.69, 9.17) is 34.8 Å². The van der Waals surface area contributed by atoms with Crippen molar-refractivity contribution in [2.24, 2.45) is 0 Å². The van der Waals surface area contributed by atoms with Crippen molar-refractivity contribution < 1.29 is 4.79 Å². The van der Waals surface area contributed by atoms with E-state index in [1.54, 1.807) is 45.6 Å². The number of nitrogens with zero attached hydrogens (tertiary/aromatic N) is 4. The minimum absolute atomic E-state index is 0.0956. The molecule has 0 radical (unpaired) electrons. The molecule has 0 spiro atoms. The van der Waals surface area contributed by atoms with Gasteiger partial charge in [-0.25, -0.2) is 9.67 Å². The molecule has 11 heteroatoms. The minimum Gasteiger partial charge on any atom is -0.325 e. The predicted octanol–water partition coefficient (Wildman–Crippen LogP) is 5.22. The maximum Gasteiger partial charge on any atom is 0.265 e. The first-order valence-corrected chi connectivity index (χ1v) is 11.7. The number of anilines is 1. The molecule has 32 heavy (non-hydrogen) atoms. The topological polar surface area (TPSA) is 81.8 Å². The van der Waals surface area contributed by atoms with Gasteiger partial charge in [-0.2, -0.15) is 5.10 Å². The van der Waals surface area contributed by atoms with Gasteiger partial charge in [-0.1, -0.05) is 58.7 Å². The fourth-order valence-corrected chi connectivity index (χ4v) is 5.26. The van der Waals surface area contributed by atoms with Gasteiger partial charge in [-0.05, 0) is 30.3 Å². The SMILES string of the molecule is O=C(CC1CSc2nc3c(cnn3-c3cccc(Cl)c3)c(=O)n21)Nc1cccc(Cl)c1Cl. The van der Waals surface area contributed by atoms with Gasteiger partial charge in [0.15, 0.2) is 10.8 Å². The predicted molar refractivity (Wildman–Crippen MR) is 128 cm³/mol. The van der Waals surface area contributed by atoms with E-state index in [0.717, 1.165) is 0 Å². The Morgan fingerprint density at radius 1 is 1.19 bits per heavy atom. The molecule has 1 atom stereocenters. The van der Waals surface area contributed by atoms with E-state index in [1.165, 1.54) is 18.0 Å². The van der Waals surface area contributed by atoms with Gasteiger partial charge in [0.25, 0.3) is 5.56 Å². The summed E-state index contributed by atoms with van der Waals surface area (Å²) in [6.45, 7) is 0.